The third-order valence-electron chi connectivity index (χ3n) is 2.93. The van der Waals surface area contributed by atoms with E-state index in [1.165, 1.54) is 0 Å². The van der Waals surface area contributed by atoms with Crippen molar-refractivity contribution in [1.29, 1.82) is 0 Å². The summed E-state index contributed by atoms with van der Waals surface area (Å²) in [5.41, 5.74) is 2.56. The second-order valence-corrected chi connectivity index (χ2v) is 5.36. The van der Waals surface area contributed by atoms with Gasteiger partial charge in [0.1, 0.15) is 0 Å². The maximum atomic E-state index is 11.1. The molecule has 0 aliphatic rings. The average Bonchev–Trinajstić information content (AvgIpc) is 2.56. The second-order valence-electron chi connectivity index (χ2n) is 5.36. The predicted molar refractivity (Wildman–Crippen MR) is 68.1 cm³/mol. The Labute approximate surface area is 100 Å². The van der Waals surface area contributed by atoms with Crippen molar-refractivity contribution in [1.82, 2.24) is 10.3 Å². The number of nitrogens with one attached hydrogen (secondary N) is 2. The fraction of sp³-hybridized carbons (Fsp3) is 0.462. The van der Waals surface area contributed by atoms with Crippen molar-refractivity contribution >= 4 is 11.1 Å². The topological polar surface area (TPSA) is 58.0 Å². The smallest absolute Gasteiger partial charge is 0.408 e. The summed E-state index contributed by atoms with van der Waals surface area (Å²) in [6.45, 7) is 6.52. The Morgan fingerprint density at radius 3 is 2.65 bits per heavy atom. The molecule has 0 saturated carbocycles. The van der Waals surface area contributed by atoms with E-state index in [0.717, 1.165) is 11.1 Å². The molecular weight excluding hydrogens is 216 g/mol. The van der Waals surface area contributed by atoms with Crippen LogP contribution in [0, 0.1) is 5.41 Å². The van der Waals surface area contributed by atoms with Crippen LogP contribution in [0.4, 0.5) is 0 Å². The van der Waals surface area contributed by atoms with E-state index in [-0.39, 0.29) is 11.5 Å². The molecular formula is C13H18N2O2. The molecule has 4 heteroatoms. The summed E-state index contributed by atoms with van der Waals surface area (Å²) < 4.78 is 5.08. The lowest BCUT2D eigenvalue weighted by atomic mass is 9.82. The first-order valence-corrected chi connectivity index (χ1v) is 5.72. The second kappa shape index (κ2) is 4.04. The summed E-state index contributed by atoms with van der Waals surface area (Å²) in [6.07, 6.45) is 0. The first kappa shape index (κ1) is 11.9. The molecule has 1 unspecified atom stereocenters. The predicted octanol–water partition coefficient (Wildman–Crippen LogP) is 2.43. The largest absolute Gasteiger partial charge is 0.417 e. The Bertz CT molecular complexity index is 575. The van der Waals surface area contributed by atoms with Crippen LogP contribution in [0.3, 0.4) is 0 Å². The molecule has 0 radical (unpaired) electrons. The number of hydrogen-bond acceptors (Lipinski definition) is 3. The highest BCUT2D eigenvalue weighted by molar-refractivity contribution is 5.72. The normalized spacial score (nSPS) is 14.1. The van der Waals surface area contributed by atoms with Gasteiger partial charge in [0.2, 0.25) is 0 Å². The van der Waals surface area contributed by atoms with Gasteiger partial charge in [-0.25, -0.2) is 4.79 Å². The molecule has 1 atom stereocenters. The Morgan fingerprint density at radius 2 is 2.06 bits per heavy atom. The van der Waals surface area contributed by atoms with Crippen molar-refractivity contribution < 1.29 is 4.42 Å². The van der Waals surface area contributed by atoms with E-state index in [4.69, 9.17) is 4.42 Å². The van der Waals surface area contributed by atoms with Crippen molar-refractivity contribution in [3.8, 4) is 0 Å². The summed E-state index contributed by atoms with van der Waals surface area (Å²) in [6, 6.07) is 6.03. The van der Waals surface area contributed by atoms with E-state index in [9.17, 15) is 4.79 Å². The van der Waals surface area contributed by atoms with Crippen molar-refractivity contribution in [3.05, 3.63) is 34.3 Å². The van der Waals surface area contributed by atoms with Gasteiger partial charge in [-0.3, -0.25) is 4.98 Å². The van der Waals surface area contributed by atoms with Crippen LogP contribution >= 0.6 is 0 Å². The third-order valence-corrected chi connectivity index (χ3v) is 2.93. The Morgan fingerprint density at radius 1 is 1.35 bits per heavy atom. The van der Waals surface area contributed by atoms with Crippen LogP contribution < -0.4 is 11.1 Å². The van der Waals surface area contributed by atoms with Gasteiger partial charge < -0.3 is 9.73 Å². The molecule has 1 aromatic carbocycles. The third kappa shape index (κ3) is 2.26. The van der Waals surface area contributed by atoms with E-state index in [1.54, 1.807) is 0 Å². The summed E-state index contributed by atoms with van der Waals surface area (Å²) in [5.74, 6) is -0.408. The Balaban J connectivity index is 2.51. The molecule has 0 fully saturated rings. The van der Waals surface area contributed by atoms with Crippen molar-refractivity contribution in [2.45, 2.75) is 26.8 Å². The lowest BCUT2D eigenvalue weighted by Gasteiger charge is -2.30. The van der Waals surface area contributed by atoms with Gasteiger partial charge in [-0.15, -0.1) is 0 Å². The van der Waals surface area contributed by atoms with E-state index in [1.807, 2.05) is 25.2 Å². The van der Waals surface area contributed by atoms with Crippen LogP contribution in [0.2, 0.25) is 0 Å². The van der Waals surface area contributed by atoms with Crippen LogP contribution in [-0.4, -0.2) is 12.0 Å². The van der Waals surface area contributed by atoms with Crippen LogP contribution in [-0.2, 0) is 0 Å². The molecule has 2 N–H and O–H groups in total. The summed E-state index contributed by atoms with van der Waals surface area (Å²) >= 11 is 0. The van der Waals surface area contributed by atoms with Gasteiger partial charge >= 0.3 is 5.76 Å². The van der Waals surface area contributed by atoms with Crippen LogP contribution in [0.15, 0.2) is 27.4 Å². The monoisotopic (exact) mass is 234 g/mol. The molecule has 2 rings (SSSR count). The van der Waals surface area contributed by atoms with Crippen molar-refractivity contribution in [2.75, 3.05) is 7.05 Å². The summed E-state index contributed by atoms with van der Waals surface area (Å²) in [7, 11) is 1.94. The number of aromatic nitrogens is 1. The SMILES string of the molecule is CNC(c1ccc2[nH]c(=O)oc2c1)C(C)(C)C. The van der Waals surface area contributed by atoms with Gasteiger partial charge in [0.05, 0.1) is 5.52 Å². The van der Waals surface area contributed by atoms with Crippen molar-refractivity contribution in [2.24, 2.45) is 5.41 Å². The molecule has 0 aliphatic heterocycles. The molecule has 0 amide bonds. The van der Waals surface area contributed by atoms with Gasteiger partial charge in [0, 0.05) is 6.04 Å². The molecule has 0 spiro atoms. The zero-order chi connectivity index (χ0) is 12.6. The first-order valence-electron chi connectivity index (χ1n) is 5.72. The zero-order valence-corrected chi connectivity index (χ0v) is 10.6. The highest BCUT2D eigenvalue weighted by atomic mass is 16.4. The van der Waals surface area contributed by atoms with Gasteiger partial charge in [-0.05, 0) is 30.2 Å². The molecule has 4 nitrogen and oxygen atoms in total. The minimum atomic E-state index is -0.408. The zero-order valence-electron chi connectivity index (χ0n) is 10.6. The Kier molecular flexibility index (Phi) is 2.83. The van der Waals surface area contributed by atoms with E-state index in [0.29, 0.717) is 5.58 Å². The van der Waals surface area contributed by atoms with Gasteiger partial charge in [0.25, 0.3) is 0 Å². The molecule has 0 aliphatic carbocycles. The van der Waals surface area contributed by atoms with Gasteiger partial charge in [-0.2, -0.15) is 0 Å². The number of fused-ring (bicyclic) bond motifs is 1. The first-order chi connectivity index (χ1) is 7.91. The average molecular weight is 234 g/mol. The summed E-state index contributed by atoms with van der Waals surface area (Å²) in [4.78, 5) is 13.7. The van der Waals surface area contributed by atoms with E-state index >= 15 is 0 Å². The van der Waals surface area contributed by atoms with Crippen LogP contribution in [0.5, 0.6) is 0 Å². The quantitative estimate of drug-likeness (QED) is 0.839. The van der Waals surface area contributed by atoms with E-state index in [2.05, 4.69) is 31.1 Å². The van der Waals surface area contributed by atoms with Crippen molar-refractivity contribution in [3.63, 3.8) is 0 Å². The molecule has 0 bridgehead atoms. The molecule has 0 saturated heterocycles. The van der Waals surface area contributed by atoms with E-state index < -0.39 is 5.76 Å². The molecule has 1 aromatic heterocycles. The minimum absolute atomic E-state index is 0.0963. The fourth-order valence-electron chi connectivity index (χ4n) is 2.24. The van der Waals surface area contributed by atoms with Crippen LogP contribution in [0.25, 0.3) is 11.1 Å². The van der Waals surface area contributed by atoms with Gasteiger partial charge in [-0.1, -0.05) is 26.8 Å². The number of hydrogen-bond donors (Lipinski definition) is 2. The number of rotatable bonds is 2. The minimum Gasteiger partial charge on any atom is -0.408 e. The van der Waals surface area contributed by atoms with Crippen LogP contribution in [0.1, 0.15) is 32.4 Å². The molecule has 17 heavy (non-hydrogen) atoms. The van der Waals surface area contributed by atoms with Gasteiger partial charge in [0.15, 0.2) is 5.58 Å². The number of benzene rings is 1. The highest BCUT2D eigenvalue weighted by Crippen LogP contribution is 2.33. The number of H-pyrrole nitrogens is 1. The standard InChI is InChI=1S/C13H18N2O2/c1-13(2,3)11(14-4)8-5-6-9-10(7-8)17-12(16)15-9/h5-7,11,14H,1-4H3,(H,15,16). The number of oxazole rings is 1. The molecule has 92 valence electrons. The maximum absolute atomic E-state index is 11.1. The Hall–Kier alpha value is -1.55. The number of aromatic amines is 1. The highest BCUT2D eigenvalue weighted by Gasteiger charge is 2.25. The summed E-state index contributed by atoms with van der Waals surface area (Å²) in [5, 5.41) is 3.30. The lowest BCUT2D eigenvalue weighted by Crippen LogP contribution is -2.29. The maximum Gasteiger partial charge on any atom is 0.417 e. The molecule has 1 heterocycles. The lowest BCUT2D eigenvalue weighted by molar-refractivity contribution is 0.287. The fourth-order valence-corrected chi connectivity index (χ4v) is 2.24. The molecule has 2 aromatic rings.